The number of aromatic nitrogens is 1. The van der Waals surface area contributed by atoms with E-state index >= 15 is 0 Å². The fraction of sp³-hybridized carbons (Fsp3) is 0.154. The smallest absolute Gasteiger partial charge is 0.457 e. The molecule has 0 saturated heterocycles. The average molecular weight is 284 g/mol. The van der Waals surface area contributed by atoms with Gasteiger partial charge in [0.25, 0.3) is 0 Å². The summed E-state index contributed by atoms with van der Waals surface area (Å²) in [6, 6.07) is 8.45. The van der Waals surface area contributed by atoms with Gasteiger partial charge in [-0.3, -0.25) is 0 Å². The van der Waals surface area contributed by atoms with E-state index in [9.17, 15) is 13.2 Å². The maximum absolute atomic E-state index is 12.0. The fourth-order valence-corrected chi connectivity index (χ4v) is 1.46. The number of anilines is 1. The van der Waals surface area contributed by atoms with Crippen LogP contribution in [0, 0.1) is 0 Å². The zero-order valence-electron chi connectivity index (χ0n) is 10.4. The molecule has 0 unspecified atom stereocenters. The Morgan fingerprint density at radius 2 is 1.65 bits per heavy atom. The summed E-state index contributed by atoms with van der Waals surface area (Å²) in [7, 11) is 1.72. The van der Waals surface area contributed by atoms with Crippen molar-refractivity contribution < 1.29 is 22.6 Å². The lowest BCUT2D eigenvalue weighted by atomic mass is 10.3. The van der Waals surface area contributed by atoms with Gasteiger partial charge in [0.15, 0.2) is 0 Å². The van der Waals surface area contributed by atoms with E-state index in [2.05, 4.69) is 15.0 Å². The minimum absolute atomic E-state index is 0.296. The van der Waals surface area contributed by atoms with Crippen molar-refractivity contribution in [3.05, 3.63) is 42.6 Å². The van der Waals surface area contributed by atoms with Gasteiger partial charge in [-0.1, -0.05) is 0 Å². The van der Waals surface area contributed by atoms with Crippen LogP contribution < -0.4 is 14.8 Å². The molecule has 0 bridgehead atoms. The summed E-state index contributed by atoms with van der Waals surface area (Å²) in [6.45, 7) is 0. The lowest BCUT2D eigenvalue weighted by Crippen LogP contribution is -2.16. The molecule has 0 aliphatic carbocycles. The average Bonchev–Trinajstić information content (AvgIpc) is 2.40. The third kappa shape index (κ3) is 4.04. The van der Waals surface area contributed by atoms with Gasteiger partial charge in [-0.05, 0) is 30.3 Å². The molecular formula is C13H11F3N2O2. The number of rotatable bonds is 4. The van der Waals surface area contributed by atoms with Gasteiger partial charge < -0.3 is 14.8 Å². The van der Waals surface area contributed by atoms with Crippen molar-refractivity contribution in [1.82, 2.24) is 4.98 Å². The predicted molar refractivity (Wildman–Crippen MR) is 67.0 cm³/mol. The third-order valence-electron chi connectivity index (χ3n) is 2.28. The largest absolute Gasteiger partial charge is 0.573 e. The molecular weight excluding hydrogens is 273 g/mol. The normalized spacial score (nSPS) is 11.0. The first-order chi connectivity index (χ1) is 9.46. The van der Waals surface area contributed by atoms with E-state index < -0.39 is 6.36 Å². The molecule has 1 aromatic carbocycles. The highest BCUT2D eigenvalue weighted by atomic mass is 19.4. The lowest BCUT2D eigenvalue weighted by Gasteiger charge is -2.10. The van der Waals surface area contributed by atoms with E-state index in [1.165, 1.54) is 24.3 Å². The molecule has 2 aromatic rings. The van der Waals surface area contributed by atoms with Crippen LogP contribution in [-0.4, -0.2) is 18.4 Å². The zero-order valence-corrected chi connectivity index (χ0v) is 10.4. The number of hydrogen-bond donors (Lipinski definition) is 1. The quantitative estimate of drug-likeness (QED) is 0.927. The van der Waals surface area contributed by atoms with E-state index in [-0.39, 0.29) is 5.75 Å². The van der Waals surface area contributed by atoms with Gasteiger partial charge in [-0.25, -0.2) is 4.98 Å². The summed E-state index contributed by atoms with van der Waals surface area (Å²) < 4.78 is 45.3. The molecule has 0 amide bonds. The molecule has 1 N–H and O–H groups in total. The van der Waals surface area contributed by atoms with Gasteiger partial charge in [-0.15, -0.1) is 13.2 Å². The fourth-order valence-electron chi connectivity index (χ4n) is 1.46. The minimum Gasteiger partial charge on any atom is -0.457 e. The first-order valence-corrected chi connectivity index (χ1v) is 5.64. The SMILES string of the molecule is CNc1cc(Oc2ccc(OC(F)(F)F)cc2)ccn1. The Balaban J connectivity index is 2.06. The second kappa shape index (κ2) is 5.68. The molecule has 7 heteroatoms. The van der Waals surface area contributed by atoms with Gasteiger partial charge in [0.1, 0.15) is 23.1 Å². The van der Waals surface area contributed by atoms with Crippen molar-refractivity contribution in [1.29, 1.82) is 0 Å². The van der Waals surface area contributed by atoms with Crippen molar-refractivity contribution in [3.8, 4) is 17.2 Å². The molecule has 1 heterocycles. The van der Waals surface area contributed by atoms with Crippen LogP contribution in [0.2, 0.25) is 0 Å². The maximum Gasteiger partial charge on any atom is 0.573 e. The Morgan fingerprint density at radius 3 is 2.25 bits per heavy atom. The molecule has 0 saturated carbocycles. The monoisotopic (exact) mass is 284 g/mol. The van der Waals surface area contributed by atoms with Crippen LogP contribution in [0.1, 0.15) is 0 Å². The minimum atomic E-state index is -4.70. The topological polar surface area (TPSA) is 43.4 Å². The molecule has 0 aliphatic rings. The molecule has 0 atom stereocenters. The second-order valence-electron chi connectivity index (χ2n) is 3.75. The first kappa shape index (κ1) is 14.0. The van der Waals surface area contributed by atoms with Crippen LogP contribution in [0.3, 0.4) is 0 Å². The summed E-state index contributed by atoms with van der Waals surface area (Å²) in [5.74, 6) is 1.25. The zero-order chi connectivity index (χ0) is 14.6. The third-order valence-corrected chi connectivity index (χ3v) is 2.28. The molecule has 2 rings (SSSR count). The number of pyridine rings is 1. The molecule has 1 aromatic heterocycles. The van der Waals surface area contributed by atoms with Crippen LogP contribution in [-0.2, 0) is 0 Å². The van der Waals surface area contributed by atoms with Crippen LogP contribution in [0.15, 0.2) is 42.6 Å². The van der Waals surface area contributed by atoms with Crippen LogP contribution in [0.5, 0.6) is 17.2 Å². The molecule has 0 aliphatic heterocycles. The second-order valence-corrected chi connectivity index (χ2v) is 3.75. The van der Waals surface area contributed by atoms with Gasteiger partial charge in [0.2, 0.25) is 0 Å². The van der Waals surface area contributed by atoms with Crippen molar-refractivity contribution in [3.63, 3.8) is 0 Å². The highest BCUT2D eigenvalue weighted by Crippen LogP contribution is 2.27. The van der Waals surface area contributed by atoms with E-state index in [4.69, 9.17) is 4.74 Å². The van der Waals surface area contributed by atoms with Gasteiger partial charge in [0.05, 0.1) is 0 Å². The Bertz CT molecular complexity index is 571. The number of benzene rings is 1. The number of nitrogens with one attached hydrogen (secondary N) is 1. The molecule has 0 fully saturated rings. The first-order valence-electron chi connectivity index (χ1n) is 5.64. The lowest BCUT2D eigenvalue weighted by molar-refractivity contribution is -0.274. The summed E-state index contributed by atoms with van der Waals surface area (Å²) in [4.78, 5) is 4.02. The van der Waals surface area contributed by atoms with Crippen LogP contribution >= 0.6 is 0 Å². The van der Waals surface area contributed by atoms with Crippen molar-refractivity contribution >= 4 is 5.82 Å². The van der Waals surface area contributed by atoms with Crippen LogP contribution in [0.4, 0.5) is 19.0 Å². The van der Waals surface area contributed by atoms with Crippen molar-refractivity contribution in [2.75, 3.05) is 12.4 Å². The highest BCUT2D eigenvalue weighted by Gasteiger charge is 2.30. The van der Waals surface area contributed by atoms with Gasteiger partial charge >= 0.3 is 6.36 Å². The Labute approximate surface area is 113 Å². The van der Waals surface area contributed by atoms with Crippen LogP contribution in [0.25, 0.3) is 0 Å². The van der Waals surface area contributed by atoms with E-state index in [1.54, 1.807) is 25.4 Å². The molecule has 0 spiro atoms. The number of alkyl halides is 3. The van der Waals surface area contributed by atoms with E-state index in [0.29, 0.717) is 17.3 Å². The molecule has 0 radical (unpaired) electrons. The van der Waals surface area contributed by atoms with Gasteiger partial charge in [0, 0.05) is 19.3 Å². The molecule has 20 heavy (non-hydrogen) atoms. The Kier molecular flexibility index (Phi) is 3.97. The summed E-state index contributed by atoms with van der Waals surface area (Å²) in [5, 5.41) is 2.85. The molecule has 106 valence electrons. The Hall–Kier alpha value is -2.44. The summed E-state index contributed by atoms with van der Waals surface area (Å²) in [6.07, 6.45) is -3.14. The summed E-state index contributed by atoms with van der Waals surface area (Å²) >= 11 is 0. The number of hydrogen-bond acceptors (Lipinski definition) is 4. The van der Waals surface area contributed by atoms with Gasteiger partial charge in [-0.2, -0.15) is 0 Å². The summed E-state index contributed by atoms with van der Waals surface area (Å²) in [5.41, 5.74) is 0. The maximum atomic E-state index is 12.0. The van der Waals surface area contributed by atoms with Crippen molar-refractivity contribution in [2.24, 2.45) is 0 Å². The van der Waals surface area contributed by atoms with E-state index in [0.717, 1.165) is 0 Å². The molecule has 4 nitrogen and oxygen atoms in total. The highest BCUT2D eigenvalue weighted by molar-refractivity contribution is 5.42. The number of halogens is 3. The standard InChI is InChI=1S/C13H11F3N2O2/c1-17-12-8-11(6-7-18-12)19-9-2-4-10(5-3-9)20-13(14,15)16/h2-8H,1H3,(H,17,18). The van der Waals surface area contributed by atoms with Crippen molar-refractivity contribution in [2.45, 2.75) is 6.36 Å². The van der Waals surface area contributed by atoms with E-state index in [1.807, 2.05) is 0 Å². The number of nitrogens with zero attached hydrogens (tertiary/aromatic N) is 1. The Morgan fingerprint density at radius 1 is 1.00 bits per heavy atom. The number of ether oxygens (including phenoxy) is 2. The predicted octanol–water partition coefficient (Wildman–Crippen LogP) is 3.81.